The summed E-state index contributed by atoms with van der Waals surface area (Å²) >= 11 is 0. The molecule has 2 unspecified atom stereocenters. The zero-order valence-electron chi connectivity index (χ0n) is 19.9. The van der Waals surface area contributed by atoms with E-state index in [1.54, 1.807) is 0 Å². The minimum absolute atomic E-state index is 0.236. The number of ether oxygens (including phenoxy) is 2. The quantitative estimate of drug-likeness (QED) is 0.286. The van der Waals surface area contributed by atoms with E-state index >= 15 is 0 Å². The number of rotatable bonds is 10. The molecule has 0 N–H and O–H groups in total. The van der Waals surface area contributed by atoms with E-state index in [0.717, 1.165) is 35.3 Å². The van der Waals surface area contributed by atoms with Crippen molar-refractivity contribution in [1.29, 1.82) is 0 Å². The fourth-order valence-corrected chi connectivity index (χ4v) is 4.10. The molecule has 0 spiro atoms. The molecule has 0 bridgehead atoms. The molecule has 2 aromatic carbocycles. The highest BCUT2D eigenvalue weighted by Gasteiger charge is 2.24. The molecule has 1 aliphatic carbocycles. The van der Waals surface area contributed by atoms with Crippen LogP contribution in [0.2, 0.25) is 0 Å². The summed E-state index contributed by atoms with van der Waals surface area (Å²) in [6.07, 6.45) is 6.43. The van der Waals surface area contributed by atoms with Crippen molar-refractivity contribution in [2.75, 3.05) is 27.2 Å². The van der Waals surface area contributed by atoms with Crippen LogP contribution in [0.1, 0.15) is 47.9 Å². The van der Waals surface area contributed by atoms with Gasteiger partial charge in [0, 0.05) is 23.8 Å². The number of hydrogen-bond donors (Lipinski definition) is 0. The Morgan fingerprint density at radius 3 is 2.12 bits per heavy atom. The summed E-state index contributed by atoms with van der Waals surface area (Å²) in [5, 5.41) is 0. The van der Waals surface area contributed by atoms with Gasteiger partial charge in [-0.15, -0.1) is 0 Å². The molecule has 1 fully saturated rings. The minimum Gasteiger partial charge on any atom is -0.458 e. The smallest absolute Gasteiger partial charge is 0.330 e. The summed E-state index contributed by atoms with van der Waals surface area (Å²) in [4.78, 5) is 13.4. The second-order valence-corrected chi connectivity index (χ2v) is 9.11. The predicted octanol–water partition coefficient (Wildman–Crippen LogP) is 5.20. The van der Waals surface area contributed by atoms with Crippen molar-refractivity contribution in [2.24, 2.45) is 11.8 Å². The molecular weight excluding hydrogens is 410 g/mol. The van der Waals surface area contributed by atoms with Crippen molar-refractivity contribution in [3.05, 3.63) is 83.4 Å². The van der Waals surface area contributed by atoms with Gasteiger partial charge in [0.2, 0.25) is 0 Å². The maximum atomic E-state index is 11.1. The fourth-order valence-electron chi connectivity index (χ4n) is 4.10. The van der Waals surface area contributed by atoms with Crippen molar-refractivity contribution in [2.45, 2.75) is 38.9 Å². The normalized spacial score (nSPS) is 17.4. The molecular formula is C29H35NO3. The minimum atomic E-state index is -0.421. The van der Waals surface area contributed by atoms with E-state index in [2.05, 4.69) is 49.5 Å². The molecule has 2 atom stereocenters. The van der Waals surface area contributed by atoms with Crippen LogP contribution in [-0.2, 0) is 27.5 Å². The number of esters is 1. The van der Waals surface area contributed by atoms with Crippen LogP contribution in [0.3, 0.4) is 0 Å². The van der Waals surface area contributed by atoms with E-state index in [9.17, 15) is 4.79 Å². The summed E-state index contributed by atoms with van der Waals surface area (Å²) < 4.78 is 11.0. The number of hydrogen-bond acceptors (Lipinski definition) is 4. The molecule has 2 aromatic rings. The summed E-state index contributed by atoms with van der Waals surface area (Å²) in [7, 11) is 4.30. The van der Waals surface area contributed by atoms with Gasteiger partial charge in [-0.2, -0.15) is 0 Å². The first-order chi connectivity index (χ1) is 16.0. The number of nitrogens with zero attached hydrogens (tertiary/aromatic N) is 1. The van der Waals surface area contributed by atoms with Crippen molar-refractivity contribution >= 4 is 5.97 Å². The standard InChI is InChI=1S/C29H35NO3/c1-4-29(31)33-22-27-14-9-24(10-15-27)6-5-23-7-12-26(13-8-23)20-32-21-28-16-11-25(19-28)17-18-30(2)3/h4,7-10,12-15,25,28H,1,11,16-22H2,2-3H3. The average molecular weight is 446 g/mol. The molecule has 0 saturated heterocycles. The van der Waals surface area contributed by atoms with E-state index in [1.165, 1.54) is 37.8 Å². The molecule has 0 amide bonds. The van der Waals surface area contributed by atoms with Crippen LogP contribution < -0.4 is 0 Å². The van der Waals surface area contributed by atoms with Crippen LogP contribution in [0.25, 0.3) is 0 Å². The lowest BCUT2D eigenvalue weighted by Crippen LogP contribution is -2.16. The van der Waals surface area contributed by atoms with Crippen molar-refractivity contribution in [1.82, 2.24) is 4.90 Å². The van der Waals surface area contributed by atoms with Gasteiger partial charge in [0.1, 0.15) is 6.61 Å². The van der Waals surface area contributed by atoms with Gasteiger partial charge >= 0.3 is 5.97 Å². The molecule has 0 heterocycles. The van der Waals surface area contributed by atoms with E-state index in [4.69, 9.17) is 9.47 Å². The molecule has 1 saturated carbocycles. The summed E-state index contributed by atoms with van der Waals surface area (Å²) in [6, 6.07) is 16.0. The Labute approximate surface area is 198 Å². The Kier molecular flexibility index (Phi) is 9.75. The van der Waals surface area contributed by atoms with Gasteiger partial charge in [-0.25, -0.2) is 4.79 Å². The average Bonchev–Trinajstić information content (AvgIpc) is 3.29. The number of carbonyl (C=O) groups is 1. The highest BCUT2D eigenvalue weighted by molar-refractivity contribution is 5.81. The number of carbonyl (C=O) groups excluding carboxylic acids is 1. The SMILES string of the molecule is C=CC(=O)OCc1ccc(C#Cc2ccc(COCC3CCC(CCN(C)C)C3)cc2)cc1. The molecule has 1 aliphatic rings. The maximum Gasteiger partial charge on any atom is 0.330 e. The Morgan fingerprint density at radius 2 is 1.55 bits per heavy atom. The van der Waals surface area contributed by atoms with Crippen LogP contribution >= 0.6 is 0 Å². The predicted molar refractivity (Wildman–Crippen MR) is 133 cm³/mol. The molecule has 0 aliphatic heterocycles. The first-order valence-corrected chi connectivity index (χ1v) is 11.7. The molecule has 4 heteroatoms. The van der Waals surface area contributed by atoms with Crippen LogP contribution in [-0.4, -0.2) is 38.1 Å². The largest absolute Gasteiger partial charge is 0.458 e. The molecule has 4 nitrogen and oxygen atoms in total. The Balaban J connectivity index is 1.40. The summed E-state index contributed by atoms with van der Waals surface area (Å²) in [6.45, 7) is 6.33. The van der Waals surface area contributed by atoms with Crippen LogP contribution in [0.4, 0.5) is 0 Å². The van der Waals surface area contributed by atoms with Crippen molar-refractivity contribution in [3.63, 3.8) is 0 Å². The lowest BCUT2D eigenvalue weighted by molar-refractivity contribution is -0.138. The molecule has 33 heavy (non-hydrogen) atoms. The molecule has 174 valence electrons. The van der Waals surface area contributed by atoms with Gasteiger partial charge in [-0.1, -0.05) is 49.1 Å². The number of benzene rings is 2. The van der Waals surface area contributed by atoms with E-state index in [-0.39, 0.29) is 6.61 Å². The summed E-state index contributed by atoms with van der Waals surface area (Å²) in [5.41, 5.74) is 3.99. The molecule has 0 aromatic heterocycles. The van der Waals surface area contributed by atoms with Crippen LogP contribution in [0, 0.1) is 23.7 Å². The Bertz CT molecular complexity index is 951. The monoisotopic (exact) mass is 445 g/mol. The highest BCUT2D eigenvalue weighted by atomic mass is 16.5. The maximum absolute atomic E-state index is 11.1. The van der Waals surface area contributed by atoms with Gasteiger partial charge < -0.3 is 14.4 Å². The van der Waals surface area contributed by atoms with Crippen molar-refractivity contribution in [3.8, 4) is 11.8 Å². The summed E-state index contributed by atoms with van der Waals surface area (Å²) in [5.74, 6) is 7.53. The lowest BCUT2D eigenvalue weighted by atomic mass is 10.0. The van der Waals surface area contributed by atoms with E-state index in [0.29, 0.717) is 12.5 Å². The third-order valence-electron chi connectivity index (χ3n) is 6.06. The lowest BCUT2D eigenvalue weighted by Gasteiger charge is -2.15. The zero-order valence-corrected chi connectivity index (χ0v) is 19.9. The third-order valence-corrected chi connectivity index (χ3v) is 6.06. The van der Waals surface area contributed by atoms with Gasteiger partial charge in [-0.05, 0) is 87.1 Å². The second-order valence-electron chi connectivity index (χ2n) is 9.11. The van der Waals surface area contributed by atoms with Crippen molar-refractivity contribution < 1.29 is 14.3 Å². The fraction of sp³-hybridized carbons (Fsp3) is 0.414. The van der Waals surface area contributed by atoms with Gasteiger partial charge in [0.15, 0.2) is 0 Å². The molecule has 3 rings (SSSR count). The van der Waals surface area contributed by atoms with Crippen LogP contribution in [0.5, 0.6) is 0 Å². The first-order valence-electron chi connectivity index (χ1n) is 11.7. The van der Waals surface area contributed by atoms with E-state index < -0.39 is 5.97 Å². The topological polar surface area (TPSA) is 38.8 Å². The first kappa shape index (κ1) is 24.8. The van der Waals surface area contributed by atoms with Gasteiger partial charge in [0.05, 0.1) is 6.61 Å². The second kappa shape index (κ2) is 13.0. The van der Waals surface area contributed by atoms with E-state index in [1.807, 2.05) is 36.4 Å². The Hall–Kier alpha value is -2.87. The molecule has 0 radical (unpaired) electrons. The Morgan fingerprint density at radius 1 is 0.970 bits per heavy atom. The van der Waals surface area contributed by atoms with Gasteiger partial charge in [-0.3, -0.25) is 0 Å². The zero-order chi connectivity index (χ0) is 23.5. The van der Waals surface area contributed by atoms with Gasteiger partial charge in [0.25, 0.3) is 0 Å². The third kappa shape index (κ3) is 8.88. The highest BCUT2D eigenvalue weighted by Crippen LogP contribution is 2.33. The van der Waals surface area contributed by atoms with Crippen LogP contribution in [0.15, 0.2) is 61.2 Å².